The van der Waals surface area contributed by atoms with Crippen LogP contribution in [-0.4, -0.2) is 32.6 Å². The number of nitrogens with zero attached hydrogens (tertiary/aromatic N) is 3. The molecule has 4 amide bonds. The van der Waals surface area contributed by atoms with Crippen LogP contribution in [0.4, 0.5) is 4.79 Å². The van der Waals surface area contributed by atoms with E-state index in [2.05, 4.69) is 15.8 Å². The molecule has 2 N–H and O–H groups in total. The van der Waals surface area contributed by atoms with E-state index in [1.54, 1.807) is 35.1 Å². The second kappa shape index (κ2) is 9.50. The van der Waals surface area contributed by atoms with Crippen molar-refractivity contribution in [3.8, 4) is 11.3 Å². The van der Waals surface area contributed by atoms with Crippen LogP contribution < -0.4 is 10.7 Å². The molecule has 36 heavy (non-hydrogen) atoms. The number of urea groups is 1. The van der Waals surface area contributed by atoms with Crippen molar-refractivity contribution in [2.45, 2.75) is 25.4 Å². The first-order chi connectivity index (χ1) is 17.5. The third kappa shape index (κ3) is 4.13. The Morgan fingerprint density at radius 1 is 0.917 bits per heavy atom. The molecule has 3 aromatic carbocycles. The van der Waals surface area contributed by atoms with E-state index in [0.29, 0.717) is 24.2 Å². The molecular weight excluding hydrogens is 454 g/mol. The first-order valence-corrected chi connectivity index (χ1v) is 11.7. The van der Waals surface area contributed by atoms with E-state index in [0.717, 1.165) is 16.1 Å². The maximum absolute atomic E-state index is 13.4. The monoisotopic (exact) mass is 479 g/mol. The number of rotatable bonds is 7. The zero-order valence-corrected chi connectivity index (χ0v) is 19.7. The Labute approximate surface area is 208 Å². The minimum absolute atomic E-state index is 0.256. The van der Waals surface area contributed by atoms with Gasteiger partial charge >= 0.3 is 6.03 Å². The number of carbonyl (C=O) groups excluding carboxylic acids is 3. The Balaban J connectivity index is 1.46. The lowest BCUT2D eigenvalue weighted by Gasteiger charge is -2.25. The Kier molecular flexibility index (Phi) is 6.08. The van der Waals surface area contributed by atoms with Crippen LogP contribution in [0.1, 0.15) is 34.8 Å². The van der Waals surface area contributed by atoms with E-state index in [9.17, 15) is 14.4 Å². The van der Waals surface area contributed by atoms with Gasteiger partial charge in [-0.3, -0.25) is 19.7 Å². The van der Waals surface area contributed by atoms with Gasteiger partial charge in [0.05, 0.1) is 12.1 Å². The fourth-order valence-electron chi connectivity index (χ4n) is 4.45. The van der Waals surface area contributed by atoms with E-state index >= 15 is 0 Å². The van der Waals surface area contributed by atoms with Gasteiger partial charge in [0.1, 0.15) is 11.2 Å². The van der Waals surface area contributed by atoms with Gasteiger partial charge in [0, 0.05) is 11.8 Å². The molecule has 1 aliphatic rings. The summed E-state index contributed by atoms with van der Waals surface area (Å²) in [7, 11) is 0. The molecule has 2 heterocycles. The van der Waals surface area contributed by atoms with Gasteiger partial charge in [-0.05, 0) is 17.5 Å². The smallest absolute Gasteiger partial charge is 0.318 e. The van der Waals surface area contributed by atoms with Crippen molar-refractivity contribution in [1.82, 2.24) is 25.5 Å². The molecule has 1 aromatic heterocycles. The van der Waals surface area contributed by atoms with Crippen molar-refractivity contribution in [1.29, 1.82) is 0 Å². The molecular formula is C28H25N5O3. The summed E-state index contributed by atoms with van der Waals surface area (Å²) in [6.45, 7) is 2.28. The molecule has 0 saturated carbocycles. The lowest BCUT2D eigenvalue weighted by Crippen LogP contribution is -2.48. The first kappa shape index (κ1) is 23.0. The maximum Gasteiger partial charge on any atom is 0.344 e. The molecule has 0 radical (unpaired) electrons. The van der Waals surface area contributed by atoms with Crippen molar-refractivity contribution in [3.63, 3.8) is 0 Å². The molecule has 0 aliphatic carbocycles. The summed E-state index contributed by atoms with van der Waals surface area (Å²) in [6.07, 6.45) is 1.96. The Bertz CT molecular complexity index is 1400. The van der Waals surface area contributed by atoms with E-state index in [1.807, 2.05) is 73.7 Å². The third-order valence-corrected chi connectivity index (χ3v) is 6.34. The molecule has 0 spiro atoms. The van der Waals surface area contributed by atoms with E-state index < -0.39 is 23.4 Å². The molecule has 0 unspecified atom stereocenters. The van der Waals surface area contributed by atoms with Crippen LogP contribution in [0.3, 0.4) is 0 Å². The number of hydrogen-bond donors (Lipinski definition) is 2. The molecule has 4 aromatic rings. The average Bonchev–Trinajstić information content (AvgIpc) is 3.45. The zero-order chi connectivity index (χ0) is 25.1. The molecule has 8 heteroatoms. The van der Waals surface area contributed by atoms with Crippen molar-refractivity contribution in [2.24, 2.45) is 0 Å². The molecule has 0 bridgehead atoms. The van der Waals surface area contributed by atoms with Crippen molar-refractivity contribution >= 4 is 17.8 Å². The largest absolute Gasteiger partial charge is 0.344 e. The highest BCUT2D eigenvalue weighted by molar-refractivity contribution is 6.10. The van der Waals surface area contributed by atoms with E-state index in [-0.39, 0.29) is 5.56 Å². The Morgan fingerprint density at radius 2 is 1.53 bits per heavy atom. The van der Waals surface area contributed by atoms with Gasteiger partial charge in [-0.1, -0.05) is 97.9 Å². The van der Waals surface area contributed by atoms with Crippen LogP contribution in [-0.2, 0) is 16.9 Å². The normalized spacial score (nSPS) is 17.2. The van der Waals surface area contributed by atoms with Crippen LogP contribution in [0.25, 0.3) is 11.3 Å². The zero-order valence-electron chi connectivity index (χ0n) is 19.7. The highest BCUT2D eigenvalue weighted by Gasteiger charge is 2.52. The fourth-order valence-corrected chi connectivity index (χ4v) is 4.45. The van der Waals surface area contributed by atoms with Gasteiger partial charge in [0.15, 0.2) is 0 Å². The lowest BCUT2D eigenvalue weighted by atomic mass is 9.87. The molecule has 1 fully saturated rings. The summed E-state index contributed by atoms with van der Waals surface area (Å²) in [4.78, 5) is 39.8. The maximum atomic E-state index is 13.4. The summed E-state index contributed by atoms with van der Waals surface area (Å²) < 4.78 is 1.68. The van der Waals surface area contributed by atoms with Crippen LogP contribution >= 0.6 is 0 Å². The van der Waals surface area contributed by atoms with E-state index in [1.165, 1.54) is 0 Å². The SMILES string of the molecule is CC[C@]1(c2ccccc2)NC(=O)N(NC(=O)c2cn(Cc3ccccc3)nc2-c2ccccc2)C1=O. The minimum atomic E-state index is -1.24. The van der Waals surface area contributed by atoms with Crippen molar-refractivity contribution in [3.05, 3.63) is 114 Å². The molecule has 1 atom stereocenters. The fraction of sp³-hybridized carbons (Fsp3) is 0.143. The predicted octanol–water partition coefficient (Wildman–Crippen LogP) is 4.10. The summed E-state index contributed by atoms with van der Waals surface area (Å²) in [5.41, 5.74) is 4.42. The minimum Gasteiger partial charge on any atom is -0.318 e. The van der Waals surface area contributed by atoms with E-state index in [4.69, 9.17) is 0 Å². The van der Waals surface area contributed by atoms with Crippen LogP contribution in [0.15, 0.2) is 97.2 Å². The van der Waals surface area contributed by atoms with Gasteiger partial charge in [0.25, 0.3) is 11.8 Å². The molecule has 8 nitrogen and oxygen atoms in total. The van der Waals surface area contributed by atoms with Crippen molar-refractivity contribution < 1.29 is 14.4 Å². The summed E-state index contributed by atoms with van der Waals surface area (Å²) in [5.74, 6) is -1.14. The van der Waals surface area contributed by atoms with Gasteiger partial charge in [-0.2, -0.15) is 10.1 Å². The second-order valence-corrected chi connectivity index (χ2v) is 8.58. The molecule has 5 rings (SSSR count). The number of imide groups is 1. The standard InChI is InChI=1S/C28H25N5O3/c1-2-28(22-16-10-5-11-17-22)26(35)33(27(36)29-28)31-25(34)23-19-32(18-20-12-6-3-7-13-20)30-24(23)21-14-8-4-9-15-21/h3-17,19H,2,18H2,1H3,(H,29,36)(H,31,34)/t28-/m1/s1. The number of hydrogen-bond acceptors (Lipinski definition) is 4. The Morgan fingerprint density at radius 3 is 2.17 bits per heavy atom. The topological polar surface area (TPSA) is 96.3 Å². The summed E-state index contributed by atoms with van der Waals surface area (Å²) >= 11 is 0. The highest BCUT2D eigenvalue weighted by Crippen LogP contribution is 2.32. The second-order valence-electron chi connectivity index (χ2n) is 8.58. The highest BCUT2D eigenvalue weighted by atomic mass is 16.2. The third-order valence-electron chi connectivity index (χ3n) is 6.34. The van der Waals surface area contributed by atoms with Gasteiger partial charge in [0.2, 0.25) is 0 Å². The first-order valence-electron chi connectivity index (χ1n) is 11.7. The van der Waals surface area contributed by atoms with Gasteiger partial charge < -0.3 is 5.32 Å². The number of amides is 4. The average molecular weight is 480 g/mol. The van der Waals surface area contributed by atoms with Crippen LogP contribution in [0, 0.1) is 0 Å². The van der Waals surface area contributed by atoms with Gasteiger partial charge in [-0.15, -0.1) is 0 Å². The quantitative estimate of drug-likeness (QED) is 0.390. The van der Waals surface area contributed by atoms with Gasteiger partial charge in [-0.25, -0.2) is 4.79 Å². The summed E-state index contributed by atoms with van der Waals surface area (Å²) in [5, 5.41) is 8.20. The summed E-state index contributed by atoms with van der Waals surface area (Å²) in [6, 6.07) is 27.4. The number of nitrogens with one attached hydrogen (secondary N) is 2. The molecule has 180 valence electrons. The van der Waals surface area contributed by atoms with Crippen molar-refractivity contribution in [2.75, 3.05) is 0 Å². The molecule has 1 saturated heterocycles. The lowest BCUT2D eigenvalue weighted by molar-refractivity contribution is -0.133. The van der Waals surface area contributed by atoms with Crippen LogP contribution in [0.2, 0.25) is 0 Å². The number of benzene rings is 3. The predicted molar refractivity (Wildman–Crippen MR) is 134 cm³/mol. The molecule has 1 aliphatic heterocycles. The van der Waals surface area contributed by atoms with Crippen LogP contribution in [0.5, 0.6) is 0 Å². The number of aromatic nitrogens is 2. The Hall–Kier alpha value is -4.72. The number of hydrazine groups is 1. The number of carbonyl (C=O) groups is 3.